The van der Waals surface area contributed by atoms with Crippen LogP contribution in [0.2, 0.25) is 10.0 Å². The molecule has 0 bridgehead atoms. The number of nitriles is 1. The Kier molecular flexibility index (Phi) is 5.66. The first-order valence-electron chi connectivity index (χ1n) is 8.01. The van der Waals surface area contributed by atoms with E-state index in [1.54, 1.807) is 42.5 Å². The van der Waals surface area contributed by atoms with E-state index >= 15 is 0 Å². The van der Waals surface area contributed by atoms with Crippen molar-refractivity contribution in [2.24, 2.45) is 0 Å². The van der Waals surface area contributed by atoms with Gasteiger partial charge < -0.3 is 9.73 Å². The third kappa shape index (κ3) is 4.59. The van der Waals surface area contributed by atoms with Crippen molar-refractivity contribution >= 4 is 40.9 Å². The molecule has 0 spiro atoms. The zero-order valence-electron chi connectivity index (χ0n) is 14.3. The average molecular weight is 397 g/mol. The van der Waals surface area contributed by atoms with Crippen LogP contribution in [0.4, 0.5) is 5.69 Å². The first-order valence-corrected chi connectivity index (χ1v) is 8.77. The monoisotopic (exact) mass is 396 g/mol. The highest BCUT2D eigenvalue weighted by Crippen LogP contribution is 2.30. The number of nitrogens with zero attached hydrogens (tertiary/aromatic N) is 1. The molecular weight excluding hydrogens is 383 g/mol. The zero-order valence-corrected chi connectivity index (χ0v) is 15.8. The van der Waals surface area contributed by atoms with Gasteiger partial charge in [-0.05, 0) is 49.4 Å². The Hall–Kier alpha value is -3.00. The Morgan fingerprint density at radius 1 is 1.07 bits per heavy atom. The van der Waals surface area contributed by atoms with Gasteiger partial charge in [-0.2, -0.15) is 5.26 Å². The predicted octanol–water partition coefficient (Wildman–Crippen LogP) is 6.11. The highest BCUT2D eigenvalue weighted by molar-refractivity contribution is 6.42. The van der Waals surface area contributed by atoms with Gasteiger partial charge in [0, 0.05) is 17.3 Å². The molecule has 0 atom stereocenters. The van der Waals surface area contributed by atoms with Crippen molar-refractivity contribution < 1.29 is 9.21 Å². The third-order valence-electron chi connectivity index (χ3n) is 3.79. The highest BCUT2D eigenvalue weighted by Gasteiger charge is 2.12. The van der Waals surface area contributed by atoms with Crippen molar-refractivity contribution in [3.63, 3.8) is 0 Å². The Morgan fingerprint density at radius 2 is 1.81 bits per heavy atom. The number of benzene rings is 2. The van der Waals surface area contributed by atoms with Crippen LogP contribution in [0.25, 0.3) is 17.4 Å². The second kappa shape index (κ2) is 8.13. The number of nitrogens with one attached hydrogen (secondary N) is 1. The summed E-state index contributed by atoms with van der Waals surface area (Å²) >= 11 is 11.9. The molecule has 3 rings (SSSR count). The van der Waals surface area contributed by atoms with Gasteiger partial charge in [0.1, 0.15) is 23.2 Å². The van der Waals surface area contributed by atoms with Gasteiger partial charge in [0.25, 0.3) is 5.91 Å². The van der Waals surface area contributed by atoms with E-state index < -0.39 is 5.91 Å². The third-order valence-corrected chi connectivity index (χ3v) is 4.53. The largest absolute Gasteiger partial charge is 0.457 e. The minimum atomic E-state index is -0.506. The number of hydrogen-bond acceptors (Lipinski definition) is 3. The van der Waals surface area contributed by atoms with Crippen LogP contribution >= 0.6 is 23.2 Å². The lowest BCUT2D eigenvalue weighted by Gasteiger charge is -2.04. The van der Waals surface area contributed by atoms with Crippen LogP contribution in [-0.2, 0) is 4.79 Å². The molecule has 27 heavy (non-hydrogen) atoms. The topological polar surface area (TPSA) is 66.0 Å². The summed E-state index contributed by atoms with van der Waals surface area (Å²) in [5.41, 5.74) is 2.37. The number of carbonyl (C=O) groups excluding carboxylic acids is 1. The van der Waals surface area contributed by atoms with E-state index in [1.165, 1.54) is 6.08 Å². The molecule has 2 aromatic carbocycles. The molecule has 0 unspecified atom stereocenters. The molecule has 4 nitrogen and oxygen atoms in total. The minimum absolute atomic E-state index is 0.0642. The number of carbonyl (C=O) groups is 1. The Morgan fingerprint density at radius 3 is 2.48 bits per heavy atom. The molecule has 1 N–H and O–H groups in total. The van der Waals surface area contributed by atoms with Crippen molar-refractivity contribution in [3.05, 3.63) is 81.5 Å². The average Bonchev–Trinajstić information content (AvgIpc) is 3.12. The minimum Gasteiger partial charge on any atom is -0.457 e. The van der Waals surface area contributed by atoms with Gasteiger partial charge in [-0.3, -0.25) is 4.79 Å². The molecule has 1 amide bonds. The molecule has 0 fully saturated rings. The molecule has 0 aliphatic carbocycles. The van der Waals surface area contributed by atoms with Gasteiger partial charge >= 0.3 is 0 Å². The standard InChI is InChI=1S/C21H14Cl2N2O2/c1-13-2-5-16(6-3-13)25-21(26)15(12-24)10-17-7-9-20(27-17)14-4-8-18(22)19(23)11-14/h2-11H,1H3,(H,25,26)/b15-10-. The fraction of sp³-hybridized carbons (Fsp3) is 0.0476. The molecule has 0 saturated carbocycles. The second-order valence-electron chi connectivity index (χ2n) is 5.82. The van der Waals surface area contributed by atoms with Crippen molar-refractivity contribution in [1.82, 2.24) is 0 Å². The second-order valence-corrected chi connectivity index (χ2v) is 6.64. The number of halogens is 2. The van der Waals surface area contributed by atoms with Gasteiger partial charge in [-0.1, -0.05) is 40.9 Å². The van der Waals surface area contributed by atoms with Crippen LogP contribution in [0, 0.1) is 18.3 Å². The first-order chi connectivity index (χ1) is 13.0. The van der Waals surface area contributed by atoms with Gasteiger partial charge in [0.15, 0.2) is 0 Å². The van der Waals surface area contributed by atoms with Crippen molar-refractivity contribution in [3.8, 4) is 17.4 Å². The molecule has 6 heteroatoms. The lowest BCUT2D eigenvalue weighted by molar-refractivity contribution is -0.112. The molecule has 1 heterocycles. The van der Waals surface area contributed by atoms with E-state index in [2.05, 4.69) is 5.32 Å². The lowest BCUT2D eigenvalue weighted by Crippen LogP contribution is -2.13. The fourth-order valence-electron chi connectivity index (χ4n) is 2.36. The van der Waals surface area contributed by atoms with Crippen LogP contribution in [0.1, 0.15) is 11.3 Å². The molecule has 3 aromatic rings. The number of rotatable bonds is 4. The van der Waals surface area contributed by atoms with Crippen LogP contribution in [0.3, 0.4) is 0 Å². The number of anilines is 1. The van der Waals surface area contributed by atoms with Gasteiger partial charge in [-0.15, -0.1) is 0 Å². The molecule has 0 aliphatic rings. The Bertz CT molecular complexity index is 1060. The number of hydrogen-bond donors (Lipinski definition) is 1. The van der Waals surface area contributed by atoms with Crippen LogP contribution in [0.5, 0.6) is 0 Å². The smallest absolute Gasteiger partial charge is 0.266 e. The Balaban J connectivity index is 1.80. The number of furan rings is 1. The molecule has 1 aromatic heterocycles. The molecule has 0 aliphatic heterocycles. The summed E-state index contributed by atoms with van der Waals surface area (Å²) in [7, 11) is 0. The quantitative estimate of drug-likeness (QED) is 0.427. The van der Waals surface area contributed by atoms with E-state index in [1.807, 2.05) is 25.1 Å². The number of amides is 1. The van der Waals surface area contributed by atoms with Crippen molar-refractivity contribution in [1.29, 1.82) is 5.26 Å². The van der Waals surface area contributed by atoms with Gasteiger partial charge in [-0.25, -0.2) is 0 Å². The van der Waals surface area contributed by atoms with Crippen molar-refractivity contribution in [2.75, 3.05) is 5.32 Å². The van der Waals surface area contributed by atoms with Crippen LogP contribution < -0.4 is 5.32 Å². The SMILES string of the molecule is Cc1ccc(NC(=O)/C(C#N)=C\c2ccc(-c3ccc(Cl)c(Cl)c3)o2)cc1. The summed E-state index contributed by atoms with van der Waals surface area (Å²) < 4.78 is 5.70. The molecule has 0 radical (unpaired) electrons. The summed E-state index contributed by atoms with van der Waals surface area (Å²) in [5.74, 6) is 0.427. The first kappa shape index (κ1) is 18.8. The summed E-state index contributed by atoms with van der Waals surface area (Å²) in [6.07, 6.45) is 1.39. The molecular formula is C21H14Cl2N2O2. The molecule has 134 valence electrons. The highest BCUT2D eigenvalue weighted by atomic mass is 35.5. The summed E-state index contributed by atoms with van der Waals surface area (Å²) in [6, 6.07) is 17.7. The van der Waals surface area contributed by atoms with Crippen LogP contribution in [-0.4, -0.2) is 5.91 Å². The van der Waals surface area contributed by atoms with Crippen LogP contribution in [0.15, 0.2) is 64.6 Å². The zero-order chi connectivity index (χ0) is 19.4. The van der Waals surface area contributed by atoms with E-state index in [0.717, 1.165) is 11.1 Å². The normalized spacial score (nSPS) is 11.1. The molecule has 0 saturated heterocycles. The van der Waals surface area contributed by atoms with E-state index in [9.17, 15) is 10.1 Å². The van der Waals surface area contributed by atoms with E-state index in [0.29, 0.717) is 27.3 Å². The maximum atomic E-state index is 12.3. The Labute approximate surface area is 166 Å². The van der Waals surface area contributed by atoms with E-state index in [4.69, 9.17) is 27.6 Å². The van der Waals surface area contributed by atoms with Crippen molar-refractivity contribution in [2.45, 2.75) is 6.92 Å². The summed E-state index contributed by atoms with van der Waals surface area (Å²) in [5, 5.41) is 12.9. The van der Waals surface area contributed by atoms with Gasteiger partial charge in [0.2, 0.25) is 0 Å². The summed E-state index contributed by atoms with van der Waals surface area (Å²) in [4.78, 5) is 12.3. The maximum Gasteiger partial charge on any atom is 0.266 e. The summed E-state index contributed by atoms with van der Waals surface area (Å²) in [6.45, 7) is 1.95. The fourth-order valence-corrected chi connectivity index (χ4v) is 2.66. The number of aryl methyl sites for hydroxylation is 1. The van der Waals surface area contributed by atoms with Gasteiger partial charge in [0.05, 0.1) is 10.0 Å². The maximum absolute atomic E-state index is 12.3. The lowest BCUT2D eigenvalue weighted by atomic mass is 10.2. The van der Waals surface area contributed by atoms with E-state index in [-0.39, 0.29) is 5.57 Å². The predicted molar refractivity (Wildman–Crippen MR) is 108 cm³/mol.